The molecule has 2 aliphatic heterocycles. The third-order valence-corrected chi connectivity index (χ3v) is 16.6. The Morgan fingerprint density at radius 1 is 0.309 bits per heavy atom. The number of fused-ring (bicyclic) bond motifs is 2. The normalized spacial score (nSPS) is 12.3. The SMILES string of the molecule is CC.CC(C)(c1ccc(O)cc1)c1ccc(O)cc1.COCN(COC)c1nc(N(COC)COC)nc(N(COC)COC)n1.COCN(COC)c1nc(N(COC)COC)nc(N2COc3ccc(C(C)(C)c4ccc5c(c4)CN(c4nc(N(COC)COC)nc(N(COC)COC)n4)CO5)cc3C2)n1.O. The minimum atomic E-state index is -0.432. The van der Waals surface area contributed by atoms with Crippen LogP contribution in [0.3, 0.4) is 0 Å². The fourth-order valence-electron chi connectivity index (χ4n) is 11.2. The molecule has 0 amide bonds. The summed E-state index contributed by atoms with van der Waals surface area (Å²) in [5, 5.41) is 18.6. The number of anilines is 9. The van der Waals surface area contributed by atoms with E-state index in [9.17, 15) is 10.2 Å². The van der Waals surface area contributed by atoms with Crippen molar-refractivity contribution in [2.75, 3.05) is 251 Å². The standard InChI is InChI=1S/C41H60N12O10.C15H30N6O6.C15H16O2.C2H6.H2O/c1-41(2,31-11-13-33-29(15-31)17-48(27-62-33)35-42-37(50(19-54-3)20-55-4)46-38(43-35)51(21-56-5)22-57-6)32-12-14-34-30(16-32)18-49(28-63-34)36-44-39(52(23-58-7)24-59-8)47-40(45-36)53(25-60-9)26-61-10;1-22-7-19(8-23-2)13-16-14(20(9-24-3)10-25-4)18-15(17-13)21(11-26-5)12-27-6;1-15(2,11-3-7-13(16)8-4-11)12-5-9-14(17)10-6-12;1-2;/h11-16H,17-28H2,1-10H3;7-12H2,1-6H3;3-10,16-17H,1-2H3;1-2H3;1H2. The molecule has 7 aromatic rings. The number of rotatable bonds is 41. The summed E-state index contributed by atoms with van der Waals surface area (Å²) in [7, 11) is 22.3. The number of aromatic nitrogens is 9. The van der Waals surface area contributed by atoms with Crippen LogP contribution in [0.15, 0.2) is 84.9 Å². The first-order chi connectivity index (χ1) is 52.7. The number of ether oxygens (including phenoxy) is 16. The Morgan fingerprint density at radius 2 is 0.500 bits per heavy atom. The molecule has 0 aliphatic carbocycles. The molecule has 110 heavy (non-hydrogen) atoms. The predicted molar refractivity (Wildman–Crippen MR) is 415 cm³/mol. The van der Waals surface area contributed by atoms with Crippen molar-refractivity contribution < 1.29 is 91.5 Å². The largest absolute Gasteiger partial charge is 0.508 e. The van der Waals surface area contributed by atoms with E-state index < -0.39 is 5.41 Å². The molecule has 610 valence electrons. The maximum absolute atomic E-state index is 9.30. The molecule has 0 atom stereocenters. The van der Waals surface area contributed by atoms with Gasteiger partial charge in [0, 0.05) is 121 Å². The van der Waals surface area contributed by atoms with Crippen LogP contribution >= 0.6 is 0 Å². The van der Waals surface area contributed by atoms with Gasteiger partial charge in [-0.15, -0.1) is 0 Å². The van der Waals surface area contributed by atoms with Gasteiger partial charge in [0.25, 0.3) is 0 Å². The lowest BCUT2D eigenvalue weighted by Gasteiger charge is -2.34. The summed E-state index contributed by atoms with van der Waals surface area (Å²) in [6, 6.07) is 27.1. The molecular weight excluding hydrogens is 1430 g/mol. The molecule has 0 unspecified atom stereocenters. The van der Waals surface area contributed by atoms with Gasteiger partial charge in [0.15, 0.2) is 13.5 Å². The smallest absolute Gasteiger partial charge is 0.235 e. The minimum Gasteiger partial charge on any atom is -0.508 e. The first-order valence-corrected chi connectivity index (χ1v) is 34.7. The maximum Gasteiger partial charge on any atom is 0.235 e. The molecule has 0 saturated heterocycles. The van der Waals surface area contributed by atoms with Crippen molar-refractivity contribution in [3.05, 3.63) is 118 Å². The summed E-state index contributed by atoms with van der Waals surface area (Å²) in [6.45, 7) is 17.0. The van der Waals surface area contributed by atoms with Crippen LogP contribution in [0, 0.1) is 0 Å². The number of nitrogens with zero attached hydrogens (tertiary/aromatic N) is 18. The van der Waals surface area contributed by atoms with Crippen molar-refractivity contribution in [2.24, 2.45) is 0 Å². The Morgan fingerprint density at radius 3 is 0.709 bits per heavy atom. The van der Waals surface area contributed by atoms with Crippen molar-refractivity contribution in [1.29, 1.82) is 0 Å². The minimum absolute atomic E-state index is 0. The average Bonchev–Trinajstić information content (AvgIpc) is 0.769. The molecular formula is C73H114N18O19. The molecule has 0 saturated carbocycles. The molecule has 3 aromatic heterocycles. The highest BCUT2D eigenvalue weighted by Crippen LogP contribution is 2.40. The highest BCUT2D eigenvalue weighted by Gasteiger charge is 2.32. The van der Waals surface area contributed by atoms with Crippen molar-refractivity contribution in [3.63, 3.8) is 0 Å². The van der Waals surface area contributed by atoms with E-state index in [1.54, 1.807) is 158 Å². The molecule has 4 N–H and O–H groups in total. The molecule has 0 bridgehead atoms. The van der Waals surface area contributed by atoms with Gasteiger partial charge in [-0.3, -0.25) is 34.3 Å². The van der Waals surface area contributed by atoms with Crippen LogP contribution in [-0.4, -0.2) is 268 Å². The van der Waals surface area contributed by atoms with Crippen LogP contribution in [0.2, 0.25) is 0 Å². The quantitative estimate of drug-likeness (QED) is 0.0377. The van der Waals surface area contributed by atoms with Gasteiger partial charge < -0.3 is 101 Å². The summed E-state index contributed by atoms with van der Waals surface area (Å²) < 4.78 is 87.5. The van der Waals surface area contributed by atoms with E-state index in [1.807, 2.05) is 60.0 Å². The van der Waals surface area contributed by atoms with E-state index in [0.29, 0.717) is 66.6 Å². The van der Waals surface area contributed by atoms with Gasteiger partial charge in [-0.25, -0.2) is 0 Å². The van der Waals surface area contributed by atoms with E-state index in [1.165, 1.54) is 0 Å². The number of benzene rings is 4. The van der Waals surface area contributed by atoms with E-state index in [-0.39, 0.29) is 130 Å². The zero-order chi connectivity index (χ0) is 79.5. The lowest BCUT2D eigenvalue weighted by atomic mass is 9.77. The summed E-state index contributed by atoms with van der Waals surface area (Å²) in [5.41, 5.74) is 5.81. The first kappa shape index (κ1) is 91.3. The van der Waals surface area contributed by atoms with Gasteiger partial charge in [0.05, 0.1) is 13.1 Å². The molecule has 9 rings (SSSR count). The summed E-state index contributed by atoms with van der Waals surface area (Å²) >= 11 is 0. The number of methoxy groups -OCH3 is 14. The Hall–Kier alpha value is -9.29. The topological polar surface area (TPSA) is 365 Å². The monoisotopic (exact) mass is 1550 g/mol. The Labute approximate surface area is 645 Å². The van der Waals surface area contributed by atoms with Crippen LogP contribution in [-0.2, 0) is 90.2 Å². The average molecular weight is 1550 g/mol. The first-order valence-electron chi connectivity index (χ1n) is 34.7. The fraction of sp³-hybridized carbons (Fsp3) is 0.548. The van der Waals surface area contributed by atoms with Crippen molar-refractivity contribution in [3.8, 4) is 23.0 Å². The maximum atomic E-state index is 9.30. The highest BCUT2D eigenvalue weighted by atomic mass is 16.5. The number of aromatic hydroxyl groups is 2. The van der Waals surface area contributed by atoms with E-state index in [2.05, 4.69) is 66.9 Å². The van der Waals surface area contributed by atoms with Gasteiger partial charge in [-0.05, 0) is 70.8 Å². The lowest BCUT2D eigenvalue weighted by molar-refractivity contribution is 0.134. The molecule has 37 heteroatoms. The Bertz CT molecular complexity index is 3390. The van der Waals surface area contributed by atoms with Crippen LogP contribution < -0.4 is 53.6 Å². The van der Waals surface area contributed by atoms with Crippen molar-refractivity contribution >= 4 is 53.5 Å². The van der Waals surface area contributed by atoms with E-state index in [4.69, 9.17) is 106 Å². The Balaban J connectivity index is 0.000000375. The second kappa shape index (κ2) is 47.0. The number of hydrogen-bond acceptors (Lipinski definition) is 36. The molecule has 37 nitrogen and oxygen atoms in total. The molecule has 0 fully saturated rings. The second-order valence-electron chi connectivity index (χ2n) is 25.3. The van der Waals surface area contributed by atoms with Gasteiger partial charge in [0.2, 0.25) is 53.5 Å². The van der Waals surface area contributed by atoms with Crippen LogP contribution in [0.5, 0.6) is 23.0 Å². The Kier molecular flexibility index (Phi) is 39.1. The van der Waals surface area contributed by atoms with Gasteiger partial charge in [-0.2, -0.15) is 44.9 Å². The fourth-order valence-corrected chi connectivity index (χ4v) is 11.2. The third kappa shape index (κ3) is 25.4. The predicted octanol–water partition coefficient (Wildman–Crippen LogP) is 6.69. The molecule has 2 aliphatic rings. The summed E-state index contributed by atoms with van der Waals surface area (Å²) in [4.78, 5) is 58.4. The third-order valence-electron chi connectivity index (χ3n) is 16.6. The number of phenolic OH excluding ortho intramolecular Hbond substituents is 2. The summed E-state index contributed by atoms with van der Waals surface area (Å²) in [5.74, 6) is 5.49. The van der Waals surface area contributed by atoms with Gasteiger partial charge in [0.1, 0.15) is 117 Å². The molecule has 0 radical (unpaired) electrons. The zero-order valence-electron chi connectivity index (χ0n) is 67.3. The molecule has 4 aromatic carbocycles. The van der Waals surface area contributed by atoms with Gasteiger partial charge >= 0.3 is 0 Å². The van der Waals surface area contributed by atoms with E-state index >= 15 is 0 Å². The second-order valence-corrected chi connectivity index (χ2v) is 25.3. The van der Waals surface area contributed by atoms with Crippen LogP contribution in [0.4, 0.5) is 53.5 Å². The molecule has 0 spiro atoms. The summed E-state index contributed by atoms with van der Waals surface area (Å²) in [6.07, 6.45) is 0. The van der Waals surface area contributed by atoms with E-state index in [0.717, 1.165) is 44.9 Å². The van der Waals surface area contributed by atoms with Crippen molar-refractivity contribution in [1.82, 2.24) is 44.9 Å². The molecule has 5 heterocycles. The highest BCUT2D eigenvalue weighted by molar-refractivity contribution is 5.55. The van der Waals surface area contributed by atoms with Crippen LogP contribution in [0.1, 0.15) is 74.9 Å². The van der Waals surface area contributed by atoms with Gasteiger partial charge in [-0.1, -0.05) is 77.9 Å². The zero-order valence-corrected chi connectivity index (χ0v) is 67.3. The number of hydrogen-bond donors (Lipinski definition) is 2. The van der Waals surface area contributed by atoms with Crippen LogP contribution in [0.25, 0.3) is 0 Å². The number of phenols is 2. The lowest BCUT2D eigenvalue weighted by Crippen LogP contribution is -2.37. The van der Waals surface area contributed by atoms with Crippen molar-refractivity contribution in [2.45, 2.75) is 65.5 Å².